The Hall–Kier alpha value is -0.750. The van der Waals surface area contributed by atoms with E-state index in [1.54, 1.807) is 13.8 Å². The van der Waals surface area contributed by atoms with Crippen molar-refractivity contribution in [1.29, 1.82) is 0 Å². The molecule has 2 aliphatic heterocycles. The molecule has 0 amide bonds. The molecule has 30 heavy (non-hydrogen) atoms. The van der Waals surface area contributed by atoms with E-state index in [0.717, 1.165) is 0 Å². The topological polar surface area (TPSA) is 133 Å². The smallest absolute Gasteiger partial charge is 0.430 e. The SMILES string of the molecule is CO[C@H]([C@@H](O)[C@H]1O[C@@H]1CO)C(C)(C)[C@@H](C[C@H]1COC(=O)O1)OC(=O)OCC(Cl)(Cl)Cl. The van der Waals surface area contributed by atoms with Gasteiger partial charge in [0.25, 0.3) is 0 Å². The van der Waals surface area contributed by atoms with Crippen LogP contribution in [0.4, 0.5) is 9.59 Å². The van der Waals surface area contributed by atoms with Crippen molar-refractivity contribution in [2.45, 2.75) is 60.7 Å². The Balaban J connectivity index is 2.14. The molecule has 2 rings (SSSR count). The predicted molar refractivity (Wildman–Crippen MR) is 104 cm³/mol. The molecule has 10 nitrogen and oxygen atoms in total. The van der Waals surface area contributed by atoms with Gasteiger partial charge in [-0.3, -0.25) is 0 Å². The molecule has 0 saturated carbocycles. The lowest BCUT2D eigenvalue weighted by Gasteiger charge is -2.41. The van der Waals surface area contributed by atoms with Gasteiger partial charge in [0, 0.05) is 18.9 Å². The number of rotatable bonds is 10. The molecule has 6 atom stereocenters. The normalized spacial score (nSPS) is 26.9. The van der Waals surface area contributed by atoms with E-state index < -0.39 is 64.7 Å². The van der Waals surface area contributed by atoms with E-state index in [0.29, 0.717) is 0 Å². The summed E-state index contributed by atoms with van der Waals surface area (Å²) >= 11 is 16.7. The third-order valence-corrected chi connectivity index (χ3v) is 5.31. The lowest BCUT2D eigenvalue weighted by Crippen LogP contribution is -2.52. The number of carbonyl (C=O) groups is 2. The Kier molecular flexibility index (Phi) is 8.71. The maximum atomic E-state index is 12.2. The number of aliphatic hydroxyl groups is 2. The van der Waals surface area contributed by atoms with Gasteiger partial charge in [0.05, 0.1) is 12.7 Å². The molecule has 0 aromatic carbocycles. The summed E-state index contributed by atoms with van der Waals surface area (Å²) in [5.41, 5.74) is -1.03. The molecular weight excluding hydrogens is 471 g/mol. The van der Waals surface area contributed by atoms with Gasteiger partial charge in [-0.05, 0) is 0 Å². The van der Waals surface area contributed by atoms with E-state index in [2.05, 4.69) is 0 Å². The predicted octanol–water partition coefficient (Wildman–Crippen LogP) is 1.97. The van der Waals surface area contributed by atoms with Crippen LogP contribution >= 0.6 is 34.8 Å². The second-order valence-electron chi connectivity index (χ2n) is 7.59. The van der Waals surface area contributed by atoms with Crippen molar-refractivity contribution in [2.24, 2.45) is 5.41 Å². The number of cyclic esters (lactones) is 2. The minimum absolute atomic E-state index is 0.0309. The van der Waals surface area contributed by atoms with Gasteiger partial charge in [0.15, 0.2) is 0 Å². The second-order valence-corrected chi connectivity index (χ2v) is 10.1. The van der Waals surface area contributed by atoms with E-state index in [9.17, 15) is 19.8 Å². The zero-order chi connectivity index (χ0) is 22.7. The average molecular weight is 496 g/mol. The molecule has 2 saturated heterocycles. The second kappa shape index (κ2) is 10.2. The molecular formula is C17H25Cl3O10. The first kappa shape index (κ1) is 25.5. The standard InChI is InChI=1S/C17H25Cl3O10/c1-16(2,13(25-3)11(22)12-9(5-21)29-12)10(4-8-6-26-14(23)28-8)30-15(24)27-7-17(18,19)20/h8-13,21-22H,4-7H2,1-3H3/t8-,9+,10+,11-,12-,13+/m0/s1. The summed E-state index contributed by atoms with van der Waals surface area (Å²) < 4.78 is 29.0. The highest BCUT2D eigenvalue weighted by molar-refractivity contribution is 6.67. The average Bonchev–Trinajstić information content (AvgIpc) is 3.33. The van der Waals surface area contributed by atoms with Crippen molar-refractivity contribution in [2.75, 3.05) is 26.9 Å². The van der Waals surface area contributed by atoms with Crippen LogP contribution in [0.15, 0.2) is 0 Å². The fourth-order valence-electron chi connectivity index (χ4n) is 3.36. The molecule has 0 bridgehead atoms. The monoisotopic (exact) mass is 494 g/mol. The maximum Gasteiger partial charge on any atom is 0.508 e. The van der Waals surface area contributed by atoms with Gasteiger partial charge < -0.3 is 38.6 Å². The number of hydrogen-bond donors (Lipinski definition) is 2. The van der Waals surface area contributed by atoms with Crippen LogP contribution in [0.5, 0.6) is 0 Å². The molecule has 0 radical (unpaired) electrons. The van der Waals surface area contributed by atoms with E-state index in [4.69, 9.17) is 63.2 Å². The molecule has 0 aliphatic carbocycles. The zero-order valence-corrected chi connectivity index (χ0v) is 18.9. The van der Waals surface area contributed by atoms with Crippen LogP contribution in [0.2, 0.25) is 0 Å². The molecule has 0 unspecified atom stereocenters. The zero-order valence-electron chi connectivity index (χ0n) is 16.6. The van der Waals surface area contributed by atoms with Gasteiger partial charge in [-0.15, -0.1) is 0 Å². The summed E-state index contributed by atoms with van der Waals surface area (Å²) in [5, 5.41) is 19.9. The Morgan fingerprint density at radius 1 is 1.33 bits per heavy atom. The van der Waals surface area contributed by atoms with Crippen molar-refractivity contribution in [1.82, 2.24) is 0 Å². The molecule has 13 heteroatoms. The lowest BCUT2D eigenvalue weighted by molar-refractivity contribution is -0.139. The molecule has 0 aromatic heterocycles. The third kappa shape index (κ3) is 6.88. The third-order valence-electron chi connectivity index (χ3n) is 4.98. The fraction of sp³-hybridized carbons (Fsp3) is 0.882. The summed E-state index contributed by atoms with van der Waals surface area (Å²) in [7, 11) is 1.38. The Bertz CT molecular complexity index is 611. The quantitative estimate of drug-likeness (QED) is 0.263. The van der Waals surface area contributed by atoms with Gasteiger partial charge >= 0.3 is 12.3 Å². The number of halogens is 3. The highest BCUT2D eigenvalue weighted by Gasteiger charge is 2.54. The lowest BCUT2D eigenvalue weighted by atomic mass is 9.75. The van der Waals surface area contributed by atoms with Crippen LogP contribution in [-0.2, 0) is 28.4 Å². The summed E-state index contributed by atoms with van der Waals surface area (Å²) in [5.74, 6) is 0. The van der Waals surface area contributed by atoms with Crippen molar-refractivity contribution >= 4 is 47.1 Å². The Morgan fingerprint density at radius 3 is 2.47 bits per heavy atom. The first-order valence-corrected chi connectivity index (χ1v) is 10.2. The van der Waals surface area contributed by atoms with E-state index in [1.165, 1.54) is 7.11 Å². The first-order chi connectivity index (χ1) is 13.9. The van der Waals surface area contributed by atoms with Crippen molar-refractivity contribution < 1.29 is 48.2 Å². The number of alkyl halides is 3. The van der Waals surface area contributed by atoms with Crippen LogP contribution in [0.1, 0.15) is 20.3 Å². The van der Waals surface area contributed by atoms with E-state index in [1.807, 2.05) is 0 Å². The van der Waals surface area contributed by atoms with Crippen molar-refractivity contribution in [3.8, 4) is 0 Å². The maximum absolute atomic E-state index is 12.2. The Morgan fingerprint density at radius 2 is 2.00 bits per heavy atom. The number of epoxide rings is 1. The summed E-state index contributed by atoms with van der Waals surface area (Å²) in [6.45, 7) is 2.54. The molecule has 2 heterocycles. The van der Waals surface area contributed by atoms with Gasteiger partial charge in [-0.25, -0.2) is 9.59 Å². The van der Waals surface area contributed by atoms with Gasteiger partial charge in [0.1, 0.15) is 43.7 Å². The van der Waals surface area contributed by atoms with Crippen LogP contribution in [0, 0.1) is 5.41 Å². The summed E-state index contributed by atoms with van der Waals surface area (Å²) in [4.78, 5) is 23.4. The van der Waals surface area contributed by atoms with E-state index >= 15 is 0 Å². The van der Waals surface area contributed by atoms with Crippen LogP contribution < -0.4 is 0 Å². The summed E-state index contributed by atoms with van der Waals surface area (Å²) in [6, 6.07) is 0. The molecule has 2 N–H and O–H groups in total. The number of carbonyl (C=O) groups excluding carboxylic acids is 2. The van der Waals surface area contributed by atoms with Gasteiger partial charge in [-0.1, -0.05) is 48.7 Å². The fourth-order valence-corrected chi connectivity index (χ4v) is 3.52. The number of hydrogen-bond acceptors (Lipinski definition) is 10. The number of ether oxygens (including phenoxy) is 6. The van der Waals surface area contributed by atoms with Crippen molar-refractivity contribution in [3.05, 3.63) is 0 Å². The largest absolute Gasteiger partial charge is 0.508 e. The minimum atomic E-state index is -1.83. The molecule has 0 aromatic rings. The van der Waals surface area contributed by atoms with Crippen LogP contribution in [-0.4, -0.2) is 89.9 Å². The number of methoxy groups -OCH3 is 1. The van der Waals surface area contributed by atoms with E-state index in [-0.39, 0.29) is 19.6 Å². The highest BCUT2D eigenvalue weighted by Crippen LogP contribution is 2.39. The van der Waals surface area contributed by atoms with Crippen LogP contribution in [0.3, 0.4) is 0 Å². The Labute approximate surface area is 188 Å². The van der Waals surface area contributed by atoms with Crippen LogP contribution in [0.25, 0.3) is 0 Å². The van der Waals surface area contributed by atoms with Gasteiger partial charge in [-0.2, -0.15) is 0 Å². The molecule has 0 spiro atoms. The van der Waals surface area contributed by atoms with Gasteiger partial charge in [0.2, 0.25) is 3.79 Å². The molecule has 2 aliphatic rings. The summed E-state index contributed by atoms with van der Waals surface area (Å²) in [6.07, 6.45) is -6.75. The molecule has 2 fully saturated rings. The van der Waals surface area contributed by atoms with Crippen molar-refractivity contribution in [3.63, 3.8) is 0 Å². The highest BCUT2D eigenvalue weighted by atomic mass is 35.6. The minimum Gasteiger partial charge on any atom is -0.430 e. The molecule has 174 valence electrons. The first-order valence-electron chi connectivity index (χ1n) is 9.09. The number of aliphatic hydroxyl groups excluding tert-OH is 2.